The molecule has 0 saturated carbocycles. The van der Waals surface area contributed by atoms with Gasteiger partial charge in [-0.05, 0) is 12.8 Å². The largest absolute Gasteiger partial charge is 0.355 e. The lowest BCUT2D eigenvalue weighted by Crippen LogP contribution is -2.34. The van der Waals surface area contributed by atoms with E-state index in [1.54, 1.807) is 6.92 Å². The summed E-state index contributed by atoms with van der Waals surface area (Å²) in [7, 11) is 0. The van der Waals surface area contributed by atoms with E-state index in [1.165, 1.54) is 0 Å². The summed E-state index contributed by atoms with van der Waals surface area (Å²) in [6.07, 6.45) is 2.78. The predicted molar refractivity (Wildman–Crippen MR) is 80.1 cm³/mol. The van der Waals surface area contributed by atoms with Gasteiger partial charge in [0.05, 0.1) is 0 Å². The smallest absolute Gasteiger partial charge is 0.219 e. The van der Waals surface area contributed by atoms with Gasteiger partial charge in [-0.25, -0.2) is 9.97 Å². The maximum Gasteiger partial charge on any atom is 0.219 e. The summed E-state index contributed by atoms with van der Waals surface area (Å²) < 4.78 is 0. The number of aryl methyl sites for hydroxylation is 1. The lowest BCUT2D eigenvalue weighted by Gasteiger charge is -2.22. The molecule has 20 heavy (non-hydrogen) atoms. The van der Waals surface area contributed by atoms with Crippen LogP contribution in [-0.2, 0) is 11.2 Å². The fraction of sp³-hybridized carbons (Fsp3) is 0.643. The van der Waals surface area contributed by atoms with Gasteiger partial charge in [-0.15, -0.1) is 0 Å². The molecule has 0 unspecified atom stereocenters. The molecular weight excluding hydrogens is 276 g/mol. The minimum absolute atomic E-state index is 0.138. The van der Waals surface area contributed by atoms with Crippen molar-refractivity contribution in [1.29, 1.82) is 0 Å². The van der Waals surface area contributed by atoms with Crippen molar-refractivity contribution in [2.75, 3.05) is 31.1 Å². The Bertz CT molecular complexity index is 480. The highest BCUT2D eigenvalue weighted by atomic mass is 35.5. The van der Waals surface area contributed by atoms with Crippen LogP contribution in [0.4, 0.5) is 5.82 Å². The van der Waals surface area contributed by atoms with E-state index in [9.17, 15) is 4.79 Å². The van der Waals surface area contributed by atoms with Crippen LogP contribution >= 0.6 is 11.6 Å². The second-order valence-electron chi connectivity index (χ2n) is 5.06. The predicted octanol–water partition coefficient (Wildman–Crippen LogP) is 2.14. The van der Waals surface area contributed by atoms with Crippen LogP contribution in [0.3, 0.4) is 0 Å². The van der Waals surface area contributed by atoms with Crippen molar-refractivity contribution < 1.29 is 4.79 Å². The first kappa shape index (κ1) is 15.0. The Morgan fingerprint density at radius 3 is 2.80 bits per heavy atom. The third kappa shape index (κ3) is 3.82. The molecule has 2 rings (SSSR count). The number of aromatic nitrogens is 2. The van der Waals surface area contributed by atoms with Crippen molar-refractivity contribution in [3.05, 3.63) is 17.0 Å². The quantitative estimate of drug-likeness (QED) is 0.802. The zero-order valence-corrected chi connectivity index (χ0v) is 12.9. The summed E-state index contributed by atoms with van der Waals surface area (Å²) in [5, 5.41) is 0.492. The van der Waals surface area contributed by atoms with Crippen LogP contribution in [-0.4, -0.2) is 47.0 Å². The van der Waals surface area contributed by atoms with E-state index in [1.807, 2.05) is 11.0 Å². The van der Waals surface area contributed by atoms with Gasteiger partial charge in [-0.1, -0.05) is 18.5 Å². The van der Waals surface area contributed by atoms with Gasteiger partial charge in [0.15, 0.2) is 0 Å². The Morgan fingerprint density at radius 1 is 1.30 bits per heavy atom. The number of nitrogens with zero attached hydrogens (tertiary/aromatic N) is 4. The minimum atomic E-state index is 0.138. The van der Waals surface area contributed by atoms with Crippen molar-refractivity contribution in [2.24, 2.45) is 0 Å². The van der Waals surface area contributed by atoms with Gasteiger partial charge in [-0.3, -0.25) is 4.79 Å². The second-order valence-corrected chi connectivity index (χ2v) is 5.45. The number of amides is 1. The molecule has 0 radical (unpaired) electrons. The third-order valence-corrected chi connectivity index (χ3v) is 3.66. The van der Waals surface area contributed by atoms with Gasteiger partial charge in [0.25, 0.3) is 0 Å². The van der Waals surface area contributed by atoms with E-state index in [-0.39, 0.29) is 5.91 Å². The molecule has 1 saturated heterocycles. The average molecular weight is 297 g/mol. The summed E-state index contributed by atoms with van der Waals surface area (Å²) in [6, 6.07) is 1.81. The number of carbonyl (C=O) groups excluding carboxylic acids is 1. The highest BCUT2D eigenvalue weighted by molar-refractivity contribution is 6.29. The monoisotopic (exact) mass is 296 g/mol. The van der Waals surface area contributed by atoms with Gasteiger partial charge >= 0.3 is 0 Å². The zero-order valence-electron chi connectivity index (χ0n) is 12.1. The van der Waals surface area contributed by atoms with Crippen LogP contribution in [0, 0.1) is 0 Å². The van der Waals surface area contributed by atoms with E-state index in [2.05, 4.69) is 21.8 Å². The topological polar surface area (TPSA) is 49.3 Å². The van der Waals surface area contributed by atoms with E-state index in [0.717, 1.165) is 57.1 Å². The van der Waals surface area contributed by atoms with Gasteiger partial charge in [0.1, 0.15) is 16.8 Å². The highest BCUT2D eigenvalue weighted by Gasteiger charge is 2.18. The number of halogens is 1. The van der Waals surface area contributed by atoms with Gasteiger partial charge in [0.2, 0.25) is 5.91 Å². The first-order valence-electron chi connectivity index (χ1n) is 7.14. The molecule has 2 heterocycles. The van der Waals surface area contributed by atoms with Crippen LogP contribution in [0.1, 0.15) is 32.5 Å². The Morgan fingerprint density at radius 2 is 2.10 bits per heavy atom. The normalized spacial score (nSPS) is 16.1. The fourth-order valence-corrected chi connectivity index (χ4v) is 2.61. The highest BCUT2D eigenvalue weighted by Crippen LogP contribution is 2.18. The molecule has 1 aromatic rings. The van der Waals surface area contributed by atoms with Crippen LogP contribution in [0.2, 0.25) is 5.15 Å². The molecule has 5 nitrogen and oxygen atoms in total. The van der Waals surface area contributed by atoms with Crippen LogP contribution < -0.4 is 4.90 Å². The SMILES string of the molecule is CCCc1nc(Cl)cc(N2CCCN(C(C)=O)CC2)n1. The van der Waals surface area contributed by atoms with Crippen LogP contribution in [0.25, 0.3) is 0 Å². The number of anilines is 1. The number of hydrogen-bond acceptors (Lipinski definition) is 4. The Labute approximate surface area is 124 Å². The first-order valence-corrected chi connectivity index (χ1v) is 7.52. The molecule has 1 aliphatic heterocycles. The van der Waals surface area contributed by atoms with Crippen molar-refractivity contribution >= 4 is 23.3 Å². The molecule has 1 fully saturated rings. The Kier molecular flexibility index (Phi) is 5.17. The Hall–Kier alpha value is -1.36. The van der Waals surface area contributed by atoms with E-state index in [0.29, 0.717) is 5.15 Å². The molecule has 1 amide bonds. The zero-order chi connectivity index (χ0) is 14.5. The van der Waals surface area contributed by atoms with E-state index < -0.39 is 0 Å². The van der Waals surface area contributed by atoms with E-state index in [4.69, 9.17) is 11.6 Å². The molecule has 0 bridgehead atoms. The summed E-state index contributed by atoms with van der Waals surface area (Å²) >= 11 is 6.08. The van der Waals surface area contributed by atoms with Crippen LogP contribution in [0.15, 0.2) is 6.07 Å². The van der Waals surface area contributed by atoms with E-state index >= 15 is 0 Å². The van der Waals surface area contributed by atoms with Crippen molar-refractivity contribution in [1.82, 2.24) is 14.9 Å². The van der Waals surface area contributed by atoms with Gasteiger partial charge in [0, 0.05) is 45.6 Å². The third-order valence-electron chi connectivity index (χ3n) is 3.47. The molecule has 0 aliphatic carbocycles. The molecule has 1 aliphatic rings. The summed E-state index contributed by atoms with van der Waals surface area (Å²) in [5.41, 5.74) is 0. The standard InChI is InChI=1S/C14H21ClN4O/c1-3-5-13-16-12(15)10-14(17-13)19-7-4-6-18(8-9-19)11(2)20/h10H,3-9H2,1-2H3. The van der Waals surface area contributed by atoms with Crippen molar-refractivity contribution in [3.63, 3.8) is 0 Å². The maximum atomic E-state index is 11.4. The fourth-order valence-electron chi connectivity index (χ4n) is 2.41. The first-order chi connectivity index (χ1) is 9.60. The molecule has 1 aromatic heterocycles. The summed E-state index contributed by atoms with van der Waals surface area (Å²) in [4.78, 5) is 24.4. The summed E-state index contributed by atoms with van der Waals surface area (Å²) in [5.74, 6) is 1.81. The molecular formula is C14H21ClN4O. The lowest BCUT2D eigenvalue weighted by atomic mass is 10.3. The Balaban J connectivity index is 2.12. The number of carbonyl (C=O) groups is 1. The van der Waals surface area contributed by atoms with Crippen LogP contribution in [0.5, 0.6) is 0 Å². The molecule has 110 valence electrons. The number of hydrogen-bond donors (Lipinski definition) is 0. The second kappa shape index (κ2) is 6.88. The average Bonchev–Trinajstić information content (AvgIpc) is 2.64. The van der Waals surface area contributed by atoms with Gasteiger partial charge in [-0.2, -0.15) is 0 Å². The lowest BCUT2D eigenvalue weighted by molar-refractivity contribution is -0.128. The molecule has 0 atom stereocenters. The van der Waals surface area contributed by atoms with Crippen molar-refractivity contribution in [2.45, 2.75) is 33.1 Å². The minimum Gasteiger partial charge on any atom is -0.355 e. The molecule has 0 aromatic carbocycles. The molecule has 0 N–H and O–H groups in total. The molecule has 6 heteroatoms. The number of rotatable bonds is 3. The van der Waals surface area contributed by atoms with Crippen molar-refractivity contribution in [3.8, 4) is 0 Å². The molecule has 0 spiro atoms. The van der Waals surface area contributed by atoms with Gasteiger partial charge < -0.3 is 9.80 Å². The maximum absolute atomic E-state index is 11.4. The summed E-state index contributed by atoms with van der Waals surface area (Å²) in [6.45, 7) is 6.95.